The van der Waals surface area contributed by atoms with Gasteiger partial charge in [-0.15, -0.1) is 18.3 Å². The number of thioether (sulfide) groups is 1. The second kappa shape index (κ2) is 7.34. The number of benzene rings is 3. The summed E-state index contributed by atoms with van der Waals surface area (Å²) in [5, 5.41) is 0. The van der Waals surface area contributed by atoms with E-state index in [9.17, 15) is 0 Å². The van der Waals surface area contributed by atoms with Crippen molar-refractivity contribution in [3.05, 3.63) is 120 Å². The van der Waals surface area contributed by atoms with Gasteiger partial charge in [0.05, 0.1) is 4.75 Å². The van der Waals surface area contributed by atoms with E-state index < -0.39 is 0 Å². The van der Waals surface area contributed by atoms with Crippen LogP contribution in [-0.4, -0.2) is 5.75 Å². The van der Waals surface area contributed by atoms with Crippen molar-refractivity contribution in [2.75, 3.05) is 5.75 Å². The normalized spacial score (nSPS) is 11.1. The Hall–Kier alpha value is -2.25. The first-order valence-corrected chi connectivity index (χ1v) is 8.78. The van der Waals surface area contributed by atoms with E-state index in [0.717, 1.165) is 5.75 Å². The Morgan fingerprint density at radius 2 is 1.00 bits per heavy atom. The molecule has 114 valence electrons. The minimum absolute atomic E-state index is 0.224. The quantitative estimate of drug-likeness (QED) is 0.403. The first-order valence-electron chi connectivity index (χ1n) is 7.79. The third-order valence-electron chi connectivity index (χ3n) is 3.96. The molecule has 0 N–H and O–H groups in total. The minimum Gasteiger partial charge on any atom is -0.136 e. The summed E-state index contributed by atoms with van der Waals surface area (Å²) < 4.78 is -0.224. The third-order valence-corrected chi connectivity index (χ3v) is 5.50. The predicted octanol–water partition coefficient (Wildman–Crippen LogP) is 5.90. The average molecular weight is 316 g/mol. The molecule has 0 aromatic heterocycles. The lowest BCUT2D eigenvalue weighted by Crippen LogP contribution is -2.25. The van der Waals surface area contributed by atoms with Gasteiger partial charge in [-0.1, -0.05) is 97.1 Å². The molecule has 0 radical (unpaired) electrons. The van der Waals surface area contributed by atoms with Gasteiger partial charge in [-0.25, -0.2) is 0 Å². The van der Waals surface area contributed by atoms with Crippen molar-refractivity contribution in [1.82, 2.24) is 0 Å². The molecule has 0 saturated heterocycles. The molecule has 0 fully saturated rings. The van der Waals surface area contributed by atoms with Crippen molar-refractivity contribution in [2.45, 2.75) is 4.75 Å². The maximum absolute atomic E-state index is 3.92. The molecule has 0 amide bonds. The molecule has 1 heteroatoms. The third kappa shape index (κ3) is 3.11. The van der Waals surface area contributed by atoms with Crippen LogP contribution in [-0.2, 0) is 4.75 Å². The van der Waals surface area contributed by atoms with Gasteiger partial charge in [0.15, 0.2) is 0 Å². The fourth-order valence-corrected chi connectivity index (χ4v) is 4.23. The molecule has 3 aromatic rings. The van der Waals surface area contributed by atoms with Crippen molar-refractivity contribution in [2.24, 2.45) is 0 Å². The molecule has 3 aromatic carbocycles. The van der Waals surface area contributed by atoms with E-state index in [2.05, 4.69) is 97.6 Å². The van der Waals surface area contributed by atoms with Gasteiger partial charge < -0.3 is 0 Å². The highest BCUT2D eigenvalue weighted by atomic mass is 32.2. The highest BCUT2D eigenvalue weighted by Crippen LogP contribution is 2.48. The van der Waals surface area contributed by atoms with Crippen LogP contribution < -0.4 is 0 Å². The largest absolute Gasteiger partial charge is 0.136 e. The number of hydrogen-bond donors (Lipinski definition) is 0. The Kier molecular flexibility index (Phi) is 4.99. The van der Waals surface area contributed by atoms with E-state index in [1.165, 1.54) is 16.7 Å². The van der Waals surface area contributed by atoms with Gasteiger partial charge in [0, 0.05) is 5.75 Å². The molecule has 0 bridgehead atoms. The zero-order chi connectivity index (χ0) is 16.0. The SMILES string of the molecule is C=CCSC(c1ccccc1)(c1ccccc1)c1ccccc1. The molecule has 0 unspecified atom stereocenters. The molecule has 0 saturated carbocycles. The van der Waals surface area contributed by atoms with Crippen LogP contribution in [0.2, 0.25) is 0 Å². The second-order valence-corrected chi connectivity index (χ2v) is 6.61. The van der Waals surface area contributed by atoms with E-state index in [1.54, 1.807) is 0 Å². The smallest absolute Gasteiger partial charge is 0.0910 e. The van der Waals surface area contributed by atoms with Gasteiger partial charge in [-0.3, -0.25) is 0 Å². The minimum atomic E-state index is -0.224. The zero-order valence-electron chi connectivity index (χ0n) is 13.1. The molecule has 3 rings (SSSR count). The van der Waals surface area contributed by atoms with Crippen LogP contribution in [0.1, 0.15) is 16.7 Å². The Morgan fingerprint density at radius 3 is 1.30 bits per heavy atom. The lowest BCUT2D eigenvalue weighted by atomic mass is 9.84. The Labute approximate surface area is 142 Å². The molecular formula is C22H20S. The van der Waals surface area contributed by atoms with Crippen LogP contribution in [0.3, 0.4) is 0 Å². The zero-order valence-corrected chi connectivity index (χ0v) is 13.9. The summed E-state index contributed by atoms with van der Waals surface area (Å²) in [4.78, 5) is 0. The molecule has 0 nitrogen and oxygen atoms in total. The van der Waals surface area contributed by atoms with E-state index in [1.807, 2.05) is 17.8 Å². The monoisotopic (exact) mass is 316 g/mol. The predicted molar refractivity (Wildman–Crippen MR) is 102 cm³/mol. The average Bonchev–Trinajstić information content (AvgIpc) is 2.65. The van der Waals surface area contributed by atoms with Crippen LogP contribution in [0, 0.1) is 0 Å². The first-order chi connectivity index (χ1) is 11.4. The van der Waals surface area contributed by atoms with Crippen molar-refractivity contribution in [3.63, 3.8) is 0 Å². The van der Waals surface area contributed by atoms with Gasteiger partial charge >= 0.3 is 0 Å². The summed E-state index contributed by atoms with van der Waals surface area (Å²) in [5.74, 6) is 0.888. The van der Waals surface area contributed by atoms with Gasteiger partial charge in [-0.05, 0) is 16.7 Å². The summed E-state index contributed by atoms with van der Waals surface area (Å²) >= 11 is 1.91. The second-order valence-electron chi connectivity index (χ2n) is 5.38. The molecular weight excluding hydrogens is 296 g/mol. The van der Waals surface area contributed by atoms with E-state index in [4.69, 9.17) is 0 Å². The van der Waals surface area contributed by atoms with Crippen LogP contribution in [0.25, 0.3) is 0 Å². The molecule has 0 aliphatic heterocycles. The van der Waals surface area contributed by atoms with Crippen molar-refractivity contribution < 1.29 is 0 Å². The fraction of sp³-hybridized carbons (Fsp3) is 0.0909. The van der Waals surface area contributed by atoms with E-state index in [-0.39, 0.29) is 4.75 Å². The maximum atomic E-state index is 3.92. The summed E-state index contributed by atoms with van der Waals surface area (Å²) in [5.41, 5.74) is 3.89. The Balaban J connectivity index is 2.27. The fourth-order valence-electron chi connectivity index (χ4n) is 2.95. The number of rotatable bonds is 6. The van der Waals surface area contributed by atoms with E-state index in [0.29, 0.717) is 0 Å². The maximum Gasteiger partial charge on any atom is 0.0910 e. The molecule has 0 spiro atoms. The molecule has 0 atom stereocenters. The lowest BCUT2D eigenvalue weighted by molar-refractivity contribution is 0.896. The Morgan fingerprint density at radius 1 is 0.652 bits per heavy atom. The summed E-state index contributed by atoms with van der Waals surface area (Å²) in [6, 6.07) is 32.2. The van der Waals surface area contributed by atoms with Crippen LogP contribution >= 0.6 is 11.8 Å². The highest BCUT2D eigenvalue weighted by Gasteiger charge is 2.36. The summed E-state index contributed by atoms with van der Waals surface area (Å²) in [7, 11) is 0. The van der Waals surface area contributed by atoms with Gasteiger partial charge in [-0.2, -0.15) is 0 Å². The molecule has 0 heterocycles. The van der Waals surface area contributed by atoms with Gasteiger partial charge in [0.1, 0.15) is 0 Å². The van der Waals surface area contributed by atoms with Crippen molar-refractivity contribution >= 4 is 11.8 Å². The first kappa shape index (κ1) is 15.6. The van der Waals surface area contributed by atoms with E-state index >= 15 is 0 Å². The number of hydrogen-bond acceptors (Lipinski definition) is 1. The van der Waals surface area contributed by atoms with Crippen molar-refractivity contribution in [3.8, 4) is 0 Å². The van der Waals surface area contributed by atoms with Crippen LogP contribution in [0.4, 0.5) is 0 Å². The Bertz CT molecular complexity index is 636. The standard InChI is InChI=1S/C22H20S/c1-2-18-23-22(19-12-6-3-7-13-19,20-14-8-4-9-15-20)21-16-10-5-11-17-21/h2-17H,1,18H2. The topological polar surface area (TPSA) is 0 Å². The highest BCUT2D eigenvalue weighted by molar-refractivity contribution is 8.00. The summed E-state index contributed by atoms with van der Waals surface area (Å²) in [6.07, 6.45) is 1.98. The van der Waals surface area contributed by atoms with Crippen LogP contribution in [0.5, 0.6) is 0 Å². The molecule has 0 aliphatic rings. The molecule has 23 heavy (non-hydrogen) atoms. The summed E-state index contributed by atoms with van der Waals surface area (Å²) in [6.45, 7) is 3.92. The lowest BCUT2D eigenvalue weighted by Gasteiger charge is -2.35. The van der Waals surface area contributed by atoms with Gasteiger partial charge in [0.2, 0.25) is 0 Å². The molecule has 0 aliphatic carbocycles. The van der Waals surface area contributed by atoms with Gasteiger partial charge in [0.25, 0.3) is 0 Å². The van der Waals surface area contributed by atoms with Crippen molar-refractivity contribution in [1.29, 1.82) is 0 Å². The van der Waals surface area contributed by atoms with Crippen LogP contribution in [0.15, 0.2) is 104 Å².